The van der Waals surface area contributed by atoms with Gasteiger partial charge in [0.15, 0.2) is 5.82 Å². The molecular weight excluding hydrogens is 279 g/mol. The van der Waals surface area contributed by atoms with Gasteiger partial charge in [-0.05, 0) is 31.4 Å². The number of nitrogens with zero attached hydrogens (tertiary/aromatic N) is 2. The summed E-state index contributed by atoms with van der Waals surface area (Å²) in [6, 6.07) is 6.16. The van der Waals surface area contributed by atoms with Crippen LogP contribution in [0.5, 0.6) is 0 Å². The van der Waals surface area contributed by atoms with Gasteiger partial charge in [0.2, 0.25) is 0 Å². The third-order valence-electron chi connectivity index (χ3n) is 3.06. The Morgan fingerprint density at radius 1 is 1.00 bits per heavy atom. The fraction of sp³-hybridized carbons (Fsp3) is 0.333. The summed E-state index contributed by atoms with van der Waals surface area (Å²) in [6.45, 7) is 8.10. The molecule has 0 spiro atoms. The Kier molecular flexibility index (Phi) is 4.12. The lowest BCUT2D eigenvalue weighted by atomic mass is 10.0. The topological polar surface area (TPSA) is 25.8 Å². The van der Waals surface area contributed by atoms with Crippen molar-refractivity contribution in [3.63, 3.8) is 0 Å². The molecule has 0 amide bonds. The lowest BCUT2D eigenvalue weighted by molar-refractivity contribution is 0.848. The summed E-state index contributed by atoms with van der Waals surface area (Å²) in [4.78, 5) is 8.79. The van der Waals surface area contributed by atoms with E-state index < -0.39 is 0 Å². The fourth-order valence-corrected chi connectivity index (χ4v) is 2.81. The average Bonchev–Trinajstić information content (AvgIpc) is 2.30. The molecule has 0 fully saturated rings. The summed E-state index contributed by atoms with van der Waals surface area (Å²) >= 11 is 12.5. The Morgan fingerprint density at radius 2 is 1.58 bits per heavy atom. The van der Waals surface area contributed by atoms with Crippen LogP contribution in [0.3, 0.4) is 0 Å². The molecule has 0 aliphatic carbocycles. The molecule has 0 bridgehead atoms. The van der Waals surface area contributed by atoms with Crippen LogP contribution in [0.25, 0.3) is 11.4 Å². The highest BCUT2D eigenvalue weighted by atomic mass is 35.5. The molecule has 19 heavy (non-hydrogen) atoms. The van der Waals surface area contributed by atoms with E-state index in [0.717, 1.165) is 22.3 Å². The zero-order valence-corrected chi connectivity index (χ0v) is 13.0. The molecule has 2 rings (SSSR count). The minimum atomic E-state index is 0.202. The summed E-state index contributed by atoms with van der Waals surface area (Å²) in [5.41, 5.74) is 4.04. The van der Waals surface area contributed by atoms with Gasteiger partial charge < -0.3 is 0 Å². The summed E-state index contributed by atoms with van der Waals surface area (Å²) < 4.78 is 0. The summed E-state index contributed by atoms with van der Waals surface area (Å²) in [5.74, 6) is 0.785. The molecule has 0 saturated heterocycles. The number of aryl methyl sites for hydroxylation is 2. The first-order valence-corrected chi connectivity index (χ1v) is 6.96. The maximum atomic E-state index is 6.24. The first kappa shape index (κ1) is 14.3. The van der Waals surface area contributed by atoms with Gasteiger partial charge in [-0.15, -0.1) is 0 Å². The zero-order chi connectivity index (χ0) is 14.2. The van der Waals surface area contributed by atoms with Gasteiger partial charge in [0.1, 0.15) is 10.3 Å². The minimum Gasteiger partial charge on any atom is -0.216 e. The minimum absolute atomic E-state index is 0.202. The van der Waals surface area contributed by atoms with Crippen molar-refractivity contribution in [1.82, 2.24) is 9.97 Å². The number of halogens is 2. The van der Waals surface area contributed by atoms with E-state index in [2.05, 4.69) is 16.0 Å². The maximum Gasteiger partial charge on any atom is 0.162 e. The molecule has 0 unspecified atom stereocenters. The summed E-state index contributed by atoms with van der Waals surface area (Å²) in [6.07, 6.45) is 0. The van der Waals surface area contributed by atoms with Crippen molar-refractivity contribution < 1.29 is 0 Å². The van der Waals surface area contributed by atoms with Crippen LogP contribution in [0.2, 0.25) is 10.3 Å². The Bertz CT molecular complexity index is 599. The maximum absolute atomic E-state index is 6.24. The van der Waals surface area contributed by atoms with Gasteiger partial charge >= 0.3 is 0 Å². The number of hydrogen-bond donors (Lipinski definition) is 0. The van der Waals surface area contributed by atoms with Gasteiger partial charge in [-0.3, -0.25) is 0 Å². The predicted molar refractivity (Wildman–Crippen MR) is 81.1 cm³/mol. The van der Waals surface area contributed by atoms with Gasteiger partial charge in [0, 0.05) is 11.1 Å². The van der Waals surface area contributed by atoms with Crippen molar-refractivity contribution in [3.8, 4) is 11.4 Å². The molecule has 4 heteroatoms. The first-order valence-electron chi connectivity index (χ1n) is 6.20. The van der Waals surface area contributed by atoms with Crippen LogP contribution in [0.15, 0.2) is 18.2 Å². The molecule has 0 N–H and O–H groups in total. The second kappa shape index (κ2) is 5.48. The van der Waals surface area contributed by atoms with Crippen LogP contribution in [-0.4, -0.2) is 9.97 Å². The van der Waals surface area contributed by atoms with Crippen molar-refractivity contribution in [2.24, 2.45) is 0 Å². The highest BCUT2D eigenvalue weighted by Crippen LogP contribution is 2.32. The zero-order valence-electron chi connectivity index (χ0n) is 11.5. The molecule has 1 aromatic heterocycles. The molecule has 0 aliphatic heterocycles. The second-order valence-corrected chi connectivity index (χ2v) is 5.73. The molecule has 2 aromatic rings. The van der Waals surface area contributed by atoms with Crippen LogP contribution < -0.4 is 0 Å². The molecule has 0 aliphatic rings. The van der Waals surface area contributed by atoms with E-state index in [0.29, 0.717) is 16.1 Å². The van der Waals surface area contributed by atoms with E-state index in [-0.39, 0.29) is 5.92 Å². The van der Waals surface area contributed by atoms with Crippen molar-refractivity contribution in [3.05, 3.63) is 45.2 Å². The van der Waals surface area contributed by atoms with Crippen molar-refractivity contribution >= 4 is 23.2 Å². The first-order chi connectivity index (χ1) is 8.90. The second-order valence-electron chi connectivity index (χ2n) is 5.02. The quantitative estimate of drug-likeness (QED) is 0.712. The molecule has 0 radical (unpaired) electrons. The number of benzene rings is 1. The Hall–Kier alpha value is -1.12. The Morgan fingerprint density at radius 3 is 2.11 bits per heavy atom. The van der Waals surface area contributed by atoms with Crippen molar-refractivity contribution in [1.29, 1.82) is 0 Å². The van der Waals surface area contributed by atoms with Gasteiger partial charge in [-0.25, -0.2) is 9.97 Å². The Balaban J connectivity index is 2.62. The van der Waals surface area contributed by atoms with E-state index in [9.17, 15) is 0 Å². The van der Waals surface area contributed by atoms with E-state index in [1.54, 1.807) is 0 Å². The molecule has 1 heterocycles. The standard InChI is InChI=1S/C15H16Cl2N2/c1-8(2)12-13(16)18-15(19-14(12)17)11-7-9(3)5-6-10(11)4/h5-8H,1-4H3. The van der Waals surface area contributed by atoms with Crippen molar-refractivity contribution in [2.75, 3.05) is 0 Å². The van der Waals surface area contributed by atoms with Crippen LogP contribution in [0, 0.1) is 13.8 Å². The lowest BCUT2D eigenvalue weighted by Gasteiger charge is -2.12. The summed E-state index contributed by atoms with van der Waals surface area (Å²) in [7, 11) is 0. The van der Waals surface area contributed by atoms with Gasteiger partial charge in [-0.2, -0.15) is 0 Å². The SMILES string of the molecule is Cc1ccc(C)c(-c2nc(Cl)c(C(C)C)c(Cl)n2)c1. The van der Waals surface area contributed by atoms with E-state index in [4.69, 9.17) is 23.2 Å². The molecule has 2 nitrogen and oxygen atoms in total. The fourth-order valence-electron chi connectivity index (χ4n) is 1.99. The molecule has 0 saturated carbocycles. The number of hydrogen-bond acceptors (Lipinski definition) is 2. The summed E-state index contributed by atoms with van der Waals surface area (Å²) in [5, 5.41) is 0.872. The van der Waals surface area contributed by atoms with E-state index in [1.807, 2.05) is 39.8 Å². The molecule has 1 aromatic carbocycles. The molecule has 100 valence electrons. The number of aromatic nitrogens is 2. The van der Waals surface area contributed by atoms with E-state index in [1.165, 1.54) is 0 Å². The Labute approximate surface area is 123 Å². The number of rotatable bonds is 2. The highest BCUT2D eigenvalue weighted by Gasteiger charge is 2.16. The third kappa shape index (κ3) is 2.90. The van der Waals surface area contributed by atoms with Gasteiger partial charge in [0.05, 0.1) is 0 Å². The van der Waals surface area contributed by atoms with Gasteiger partial charge in [-0.1, -0.05) is 54.7 Å². The normalized spacial score (nSPS) is 11.1. The molecule has 0 atom stereocenters. The van der Waals surface area contributed by atoms with Crippen LogP contribution in [0.4, 0.5) is 0 Å². The van der Waals surface area contributed by atoms with E-state index >= 15 is 0 Å². The lowest BCUT2D eigenvalue weighted by Crippen LogP contribution is -2.00. The smallest absolute Gasteiger partial charge is 0.162 e. The van der Waals surface area contributed by atoms with Crippen LogP contribution in [-0.2, 0) is 0 Å². The average molecular weight is 295 g/mol. The van der Waals surface area contributed by atoms with Gasteiger partial charge in [0.25, 0.3) is 0 Å². The van der Waals surface area contributed by atoms with Crippen LogP contribution in [0.1, 0.15) is 36.5 Å². The highest BCUT2D eigenvalue weighted by molar-refractivity contribution is 6.34. The monoisotopic (exact) mass is 294 g/mol. The largest absolute Gasteiger partial charge is 0.216 e. The van der Waals surface area contributed by atoms with Crippen LogP contribution >= 0.6 is 23.2 Å². The van der Waals surface area contributed by atoms with Crippen molar-refractivity contribution in [2.45, 2.75) is 33.6 Å². The predicted octanol–water partition coefficient (Wildman–Crippen LogP) is 5.19. The third-order valence-corrected chi connectivity index (χ3v) is 3.64. The molecular formula is C15H16Cl2N2.